The molecule has 0 amide bonds. The van der Waals surface area contributed by atoms with Crippen molar-refractivity contribution in [3.05, 3.63) is 0 Å². The number of carboxylic acids is 2. The molecule has 0 aliphatic heterocycles. The zero-order valence-electron chi connectivity index (χ0n) is 5.92. The van der Waals surface area contributed by atoms with E-state index >= 15 is 0 Å². The van der Waals surface area contributed by atoms with Crippen molar-refractivity contribution in [3.63, 3.8) is 0 Å². The molecule has 0 aliphatic carbocycles. The molecule has 0 atom stereocenters. The van der Waals surface area contributed by atoms with Gasteiger partial charge in [-0.15, -0.1) is 0 Å². The van der Waals surface area contributed by atoms with E-state index in [-0.39, 0.29) is 62.5 Å². The molecule has 0 rings (SSSR count). The molecule has 10 heteroatoms. The maximum Gasteiger partial charge on any atom is 1.00 e. The van der Waals surface area contributed by atoms with E-state index in [2.05, 4.69) is 0 Å². The van der Waals surface area contributed by atoms with Gasteiger partial charge in [-0.1, -0.05) is 0 Å². The second kappa shape index (κ2) is 30.4. The summed E-state index contributed by atoms with van der Waals surface area (Å²) in [4.78, 5) is 17.9. The first-order valence-electron chi connectivity index (χ1n) is 1.07. The molecule has 0 saturated carbocycles. The molecule has 0 saturated heterocycles. The van der Waals surface area contributed by atoms with Gasteiger partial charge in [-0.3, -0.25) is 0 Å². The maximum atomic E-state index is 8.93. The molecule has 0 spiro atoms. The van der Waals surface area contributed by atoms with E-state index < -0.39 is 11.9 Å². The quantitative estimate of drug-likeness (QED) is 0.277. The normalized spacial score (nSPS) is 3.67. The van der Waals surface area contributed by atoms with Gasteiger partial charge in [0.2, 0.25) is 0 Å². The van der Waals surface area contributed by atoms with Crippen LogP contribution in [0.25, 0.3) is 0 Å². The Labute approximate surface area is 94.2 Å². The van der Waals surface area contributed by atoms with Crippen LogP contribution in [0, 0.1) is 0 Å². The first-order chi connectivity index (χ1) is 2.64. The Morgan fingerprint density at radius 1 is 0.750 bits per heavy atom. The molecule has 0 aromatic carbocycles. The second-order valence-electron chi connectivity index (χ2n) is 0.575. The van der Waals surface area contributed by atoms with Crippen molar-refractivity contribution in [1.82, 2.24) is 0 Å². The smallest absolute Gasteiger partial charge is 0.870 e. The Bertz CT molecular complexity index is 83.1. The number of carboxylic acid groups (broad SMARTS) is 2. The molecular formula is C2H4LiO8Ti-5. The van der Waals surface area contributed by atoms with Crippen LogP contribution in [0.4, 0.5) is 0 Å². The van der Waals surface area contributed by atoms with E-state index in [0.29, 0.717) is 0 Å². The SMILES string of the molecule is O=C([O-])C(=O)[O-].[Li+].[OH-].[OH-].[OH-].[OH-].[Ti]. The second-order valence-corrected chi connectivity index (χ2v) is 0.575. The van der Waals surface area contributed by atoms with Gasteiger partial charge in [-0.05, 0) is 0 Å². The molecule has 0 aromatic rings. The number of rotatable bonds is 0. The fourth-order valence-corrected chi connectivity index (χ4v) is 0. The average molecular weight is 211 g/mol. The number of hydrogen-bond acceptors (Lipinski definition) is 8. The van der Waals surface area contributed by atoms with Crippen molar-refractivity contribution in [2.75, 3.05) is 0 Å². The van der Waals surface area contributed by atoms with Crippen LogP contribution in [0.5, 0.6) is 0 Å². The van der Waals surface area contributed by atoms with E-state index in [1.54, 1.807) is 0 Å². The fourth-order valence-electron chi connectivity index (χ4n) is 0. The first kappa shape index (κ1) is 57.4. The van der Waals surface area contributed by atoms with Gasteiger partial charge in [-0.2, -0.15) is 0 Å². The van der Waals surface area contributed by atoms with Gasteiger partial charge >= 0.3 is 18.9 Å². The largest absolute Gasteiger partial charge is 1.00 e. The summed E-state index contributed by atoms with van der Waals surface area (Å²) in [5, 5.41) is 17.9. The van der Waals surface area contributed by atoms with Crippen molar-refractivity contribution in [2.24, 2.45) is 0 Å². The van der Waals surface area contributed by atoms with Crippen molar-refractivity contribution in [2.45, 2.75) is 0 Å². The molecule has 70 valence electrons. The van der Waals surface area contributed by atoms with Crippen molar-refractivity contribution >= 4 is 11.9 Å². The summed E-state index contributed by atoms with van der Waals surface area (Å²) in [7, 11) is 0. The van der Waals surface area contributed by atoms with Gasteiger partial charge in [0.15, 0.2) is 0 Å². The van der Waals surface area contributed by atoms with E-state index in [4.69, 9.17) is 19.8 Å². The summed E-state index contributed by atoms with van der Waals surface area (Å²) in [5.74, 6) is -4.37. The van der Waals surface area contributed by atoms with Crippen LogP contribution in [0.15, 0.2) is 0 Å². The Morgan fingerprint density at radius 3 is 0.833 bits per heavy atom. The Kier molecular flexibility index (Phi) is 146. The van der Waals surface area contributed by atoms with E-state index in [1.165, 1.54) is 0 Å². The van der Waals surface area contributed by atoms with Crippen LogP contribution in [0.2, 0.25) is 0 Å². The van der Waals surface area contributed by atoms with Crippen LogP contribution in [-0.4, -0.2) is 33.8 Å². The predicted octanol–water partition coefficient (Wildman–Crippen LogP) is -7.22. The number of carbonyl (C=O) groups is 2. The molecule has 0 radical (unpaired) electrons. The molecular weight excluding hydrogens is 207 g/mol. The molecule has 0 bridgehead atoms. The third kappa shape index (κ3) is 49.8. The van der Waals surface area contributed by atoms with Gasteiger partial charge < -0.3 is 41.7 Å². The third-order valence-corrected chi connectivity index (χ3v) is 0.167. The minimum Gasteiger partial charge on any atom is -0.870 e. The summed E-state index contributed by atoms with van der Waals surface area (Å²) >= 11 is 0. The molecule has 0 heterocycles. The maximum absolute atomic E-state index is 8.93. The van der Waals surface area contributed by atoms with Gasteiger partial charge in [0, 0.05) is 21.7 Å². The monoisotopic (exact) mass is 211 g/mol. The molecule has 4 N–H and O–H groups in total. The van der Waals surface area contributed by atoms with Crippen LogP contribution in [0.3, 0.4) is 0 Å². The van der Waals surface area contributed by atoms with Gasteiger partial charge in [0.25, 0.3) is 0 Å². The Morgan fingerprint density at radius 2 is 0.833 bits per heavy atom. The fraction of sp³-hybridized carbons (Fsp3) is 0. The Hall–Kier alpha value is 0.0917. The van der Waals surface area contributed by atoms with E-state index in [0.717, 1.165) is 0 Å². The minimum absolute atomic E-state index is 0. The summed E-state index contributed by atoms with van der Waals surface area (Å²) < 4.78 is 0. The minimum atomic E-state index is -2.19. The molecule has 0 unspecified atom stereocenters. The molecule has 12 heavy (non-hydrogen) atoms. The van der Waals surface area contributed by atoms with Crippen LogP contribution in [-0.2, 0) is 31.3 Å². The number of hydrogen-bond donors (Lipinski definition) is 0. The van der Waals surface area contributed by atoms with Gasteiger partial charge in [0.1, 0.15) is 0 Å². The van der Waals surface area contributed by atoms with Crippen molar-refractivity contribution in [1.29, 1.82) is 0 Å². The van der Waals surface area contributed by atoms with Crippen molar-refractivity contribution in [3.8, 4) is 0 Å². The summed E-state index contributed by atoms with van der Waals surface area (Å²) in [5.41, 5.74) is 0. The summed E-state index contributed by atoms with van der Waals surface area (Å²) in [6.07, 6.45) is 0. The molecule has 0 aromatic heterocycles. The topological polar surface area (TPSA) is 200 Å². The molecule has 0 aliphatic rings. The standard InChI is InChI=1S/C2H2O4.Li.4H2O.Ti/c3-1(4)2(5)6;;;;;;/h(H,3,4)(H,5,6);;4*1H2;/q;+1;;;;;/p-6. The van der Waals surface area contributed by atoms with E-state index in [9.17, 15) is 0 Å². The van der Waals surface area contributed by atoms with Crippen LogP contribution < -0.4 is 29.1 Å². The zero-order chi connectivity index (χ0) is 5.15. The number of aliphatic carboxylic acids is 2. The van der Waals surface area contributed by atoms with Crippen LogP contribution >= 0.6 is 0 Å². The summed E-state index contributed by atoms with van der Waals surface area (Å²) in [6.45, 7) is 0. The zero-order valence-corrected chi connectivity index (χ0v) is 7.48. The van der Waals surface area contributed by atoms with Crippen molar-refractivity contribution < 1.29 is 82.3 Å². The predicted molar refractivity (Wildman–Crippen MR) is 17.8 cm³/mol. The molecule has 0 fully saturated rings. The van der Waals surface area contributed by atoms with Crippen LogP contribution in [0.1, 0.15) is 0 Å². The first-order valence-corrected chi connectivity index (χ1v) is 1.07. The van der Waals surface area contributed by atoms with E-state index in [1.807, 2.05) is 0 Å². The Balaban J connectivity index is -0.00000000833. The third-order valence-electron chi connectivity index (χ3n) is 0.167. The average Bonchev–Trinajstić information content (AvgIpc) is 1.36. The molecule has 8 nitrogen and oxygen atoms in total. The number of carbonyl (C=O) groups excluding carboxylic acids is 2. The van der Waals surface area contributed by atoms with Gasteiger partial charge in [0.05, 0.1) is 11.9 Å². The summed E-state index contributed by atoms with van der Waals surface area (Å²) in [6, 6.07) is 0. The van der Waals surface area contributed by atoms with Gasteiger partial charge in [-0.25, -0.2) is 0 Å².